The third kappa shape index (κ3) is 2.77. The first kappa shape index (κ1) is 11.2. The standard InChI is InChI=1S/C12H12O3/c1-3-4-5-6-9-7-10(13)8-11(15-2)12(9)14/h3-8H,1-2H3. The van der Waals surface area contributed by atoms with Crippen LogP contribution in [0.5, 0.6) is 0 Å². The smallest absolute Gasteiger partial charge is 0.227 e. The molecule has 3 nitrogen and oxygen atoms in total. The van der Waals surface area contributed by atoms with Crippen molar-refractivity contribution in [3.8, 4) is 0 Å². The molecule has 0 aromatic heterocycles. The van der Waals surface area contributed by atoms with E-state index in [1.54, 1.807) is 18.2 Å². The van der Waals surface area contributed by atoms with E-state index < -0.39 is 0 Å². The third-order valence-corrected chi connectivity index (χ3v) is 1.86. The van der Waals surface area contributed by atoms with E-state index in [1.807, 2.05) is 13.0 Å². The normalized spacial score (nSPS) is 17.2. The van der Waals surface area contributed by atoms with Crippen LogP contribution < -0.4 is 0 Å². The highest BCUT2D eigenvalue weighted by Gasteiger charge is 2.20. The Morgan fingerprint density at radius 2 is 1.93 bits per heavy atom. The van der Waals surface area contributed by atoms with Gasteiger partial charge in [-0.05, 0) is 13.0 Å². The van der Waals surface area contributed by atoms with Crippen LogP contribution in [-0.2, 0) is 14.3 Å². The molecule has 0 amide bonds. The summed E-state index contributed by atoms with van der Waals surface area (Å²) in [6.45, 7) is 1.87. The molecule has 0 saturated heterocycles. The van der Waals surface area contributed by atoms with Crippen LogP contribution in [0.4, 0.5) is 0 Å². The highest BCUT2D eigenvalue weighted by atomic mass is 16.5. The van der Waals surface area contributed by atoms with E-state index >= 15 is 0 Å². The zero-order valence-corrected chi connectivity index (χ0v) is 8.69. The first-order valence-electron chi connectivity index (χ1n) is 4.54. The summed E-state index contributed by atoms with van der Waals surface area (Å²) in [6.07, 6.45) is 9.39. The number of methoxy groups -OCH3 is 1. The molecule has 1 aliphatic carbocycles. The van der Waals surface area contributed by atoms with Crippen LogP contribution in [0.15, 0.2) is 47.8 Å². The van der Waals surface area contributed by atoms with E-state index in [0.29, 0.717) is 5.57 Å². The summed E-state index contributed by atoms with van der Waals surface area (Å²) in [7, 11) is 1.37. The second-order valence-electron chi connectivity index (χ2n) is 2.93. The quantitative estimate of drug-likeness (QED) is 0.519. The lowest BCUT2D eigenvalue weighted by molar-refractivity contribution is -0.117. The number of carbonyl (C=O) groups excluding carboxylic acids is 2. The fraction of sp³-hybridized carbons (Fsp3) is 0.167. The van der Waals surface area contributed by atoms with Crippen LogP contribution in [-0.4, -0.2) is 18.7 Å². The van der Waals surface area contributed by atoms with Crippen LogP contribution in [0, 0.1) is 0 Å². The molecule has 78 valence electrons. The Balaban J connectivity index is 2.91. The van der Waals surface area contributed by atoms with Crippen molar-refractivity contribution in [2.45, 2.75) is 6.92 Å². The summed E-state index contributed by atoms with van der Waals surface area (Å²) in [5, 5.41) is 0. The fourth-order valence-corrected chi connectivity index (χ4v) is 1.14. The maximum absolute atomic E-state index is 11.6. The zero-order chi connectivity index (χ0) is 11.3. The molecule has 0 aliphatic heterocycles. The monoisotopic (exact) mass is 204 g/mol. The average molecular weight is 204 g/mol. The summed E-state index contributed by atoms with van der Waals surface area (Å²) in [6, 6.07) is 0. The average Bonchev–Trinajstić information content (AvgIpc) is 2.23. The molecular weight excluding hydrogens is 192 g/mol. The van der Waals surface area contributed by atoms with Gasteiger partial charge in [0.25, 0.3) is 0 Å². The Hall–Kier alpha value is -1.90. The van der Waals surface area contributed by atoms with Gasteiger partial charge < -0.3 is 4.74 Å². The van der Waals surface area contributed by atoms with Crippen LogP contribution in [0.3, 0.4) is 0 Å². The molecule has 0 spiro atoms. The summed E-state index contributed by atoms with van der Waals surface area (Å²) < 4.78 is 4.81. The fourth-order valence-electron chi connectivity index (χ4n) is 1.14. The first-order chi connectivity index (χ1) is 7.19. The van der Waals surface area contributed by atoms with E-state index in [-0.39, 0.29) is 17.3 Å². The maximum atomic E-state index is 11.6. The SMILES string of the molecule is CC=CC=CC1=CC(=O)C=C(OC)C1=O. The molecule has 0 bridgehead atoms. The van der Waals surface area contributed by atoms with Crippen LogP contribution in [0.1, 0.15) is 6.92 Å². The molecule has 1 rings (SSSR count). The van der Waals surface area contributed by atoms with E-state index in [2.05, 4.69) is 0 Å². The molecule has 0 saturated carbocycles. The summed E-state index contributed by atoms with van der Waals surface area (Å²) in [5.74, 6) is -0.410. The van der Waals surface area contributed by atoms with Gasteiger partial charge in [0.1, 0.15) is 0 Å². The lowest BCUT2D eigenvalue weighted by atomic mass is 10.0. The van der Waals surface area contributed by atoms with Gasteiger partial charge in [0.2, 0.25) is 5.78 Å². The van der Waals surface area contributed by atoms with Crippen molar-refractivity contribution < 1.29 is 14.3 Å². The van der Waals surface area contributed by atoms with Crippen molar-refractivity contribution in [1.29, 1.82) is 0 Å². The van der Waals surface area contributed by atoms with E-state index in [0.717, 1.165) is 0 Å². The minimum atomic E-state index is -0.266. The van der Waals surface area contributed by atoms with Crippen molar-refractivity contribution >= 4 is 11.6 Å². The van der Waals surface area contributed by atoms with Gasteiger partial charge in [-0.1, -0.05) is 24.3 Å². The van der Waals surface area contributed by atoms with Crippen molar-refractivity contribution in [1.82, 2.24) is 0 Å². The molecule has 0 atom stereocenters. The number of Topliss-reactive ketones (excluding diaryl/α,β-unsaturated/α-hetero) is 1. The molecular formula is C12H12O3. The number of carbonyl (C=O) groups is 2. The van der Waals surface area contributed by atoms with Crippen molar-refractivity contribution in [2.24, 2.45) is 0 Å². The molecule has 3 heteroatoms. The third-order valence-electron chi connectivity index (χ3n) is 1.86. The number of ketones is 2. The minimum Gasteiger partial charge on any atom is -0.492 e. The Labute approximate surface area is 88.4 Å². The number of rotatable bonds is 3. The lowest BCUT2D eigenvalue weighted by Gasteiger charge is -2.08. The predicted molar refractivity (Wildman–Crippen MR) is 57.1 cm³/mol. The van der Waals surface area contributed by atoms with E-state index in [9.17, 15) is 9.59 Å². The first-order valence-corrected chi connectivity index (χ1v) is 4.54. The molecule has 0 unspecified atom stereocenters. The van der Waals surface area contributed by atoms with Gasteiger partial charge in [0, 0.05) is 11.6 Å². The van der Waals surface area contributed by atoms with Gasteiger partial charge in [0.15, 0.2) is 11.5 Å². The highest BCUT2D eigenvalue weighted by Crippen LogP contribution is 2.14. The molecule has 0 N–H and O–H groups in total. The Kier molecular flexibility index (Phi) is 3.80. The topological polar surface area (TPSA) is 43.4 Å². The van der Waals surface area contributed by atoms with Crippen molar-refractivity contribution in [3.05, 3.63) is 47.8 Å². The summed E-state index contributed by atoms with van der Waals surface area (Å²) in [5.41, 5.74) is 0.345. The largest absolute Gasteiger partial charge is 0.492 e. The zero-order valence-electron chi connectivity index (χ0n) is 8.69. The second kappa shape index (κ2) is 5.10. The number of hydrogen-bond donors (Lipinski definition) is 0. The molecule has 1 aliphatic rings. The van der Waals surface area contributed by atoms with Gasteiger partial charge >= 0.3 is 0 Å². The number of allylic oxidation sites excluding steroid dienone is 7. The van der Waals surface area contributed by atoms with Crippen molar-refractivity contribution in [3.63, 3.8) is 0 Å². The highest BCUT2D eigenvalue weighted by molar-refractivity contribution is 6.20. The number of ether oxygens (including phenoxy) is 1. The second-order valence-corrected chi connectivity index (χ2v) is 2.93. The van der Waals surface area contributed by atoms with Crippen molar-refractivity contribution in [2.75, 3.05) is 7.11 Å². The maximum Gasteiger partial charge on any atom is 0.227 e. The van der Waals surface area contributed by atoms with Gasteiger partial charge in [-0.2, -0.15) is 0 Å². The lowest BCUT2D eigenvalue weighted by Crippen LogP contribution is -2.14. The molecule has 0 heterocycles. The van der Waals surface area contributed by atoms with E-state index in [4.69, 9.17) is 4.74 Å². The van der Waals surface area contributed by atoms with Gasteiger partial charge in [-0.25, -0.2) is 0 Å². The Bertz CT molecular complexity index is 395. The minimum absolute atomic E-state index is 0.0858. The van der Waals surface area contributed by atoms with Crippen LogP contribution in [0.2, 0.25) is 0 Å². The summed E-state index contributed by atoms with van der Waals surface area (Å²) in [4.78, 5) is 22.8. The van der Waals surface area contributed by atoms with E-state index in [1.165, 1.54) is 19.3 Å². The number of hydrogen-bond acceptors (Lipinski definition) is 3. The van der Waals surface area contributed by atoms with Crippen LogP contribution >= 0.6 is 0 Å². The Morgan fingerprint density at radius 1 is 1.20 bits per heavy atom. The molecule has 15 heavy (non-hydrogen) atoms. The predicted octanol–water partition coefficient (Wildman–Crippen LogP) is 1.73. The molecule has 0 fully saturated rings. The van der Waals surface area contributed by atoms with Gasteiger partial charge in [-0.15, -0.1) is 0 Å². The van der Waals surface area contributed by atoms with Gasteiger partial charge in [0.05, 0.1) is 7.11 Å². The molecule has 0 aromatic rings. The molecule has 0 radical (unpaired) electrons. The Morgan fingerprint density at radius 3 is 2.53 bits per heavy atom. The summed E-state index contributed by atoms with van der Waals surface area (Å²) >= 11 is 0. The molecule has 0 aromatic carbocycles. The van der Waals surface area contributed by atoms with Crippen LogP contribution in [0.25, 0.3) is 0 Å². The van der Waals surface area contributed by atoms with Gasteiger partial charge in [-0.3, -0.25) is 9.59 Å².